The zero-order valence-corrected chi connectivity index (χ0v) is 9.32. The lowest BCUT2D eigenvalue weighted by Crippen LogP contribution is -2.43. The van der Waals surface area contributed by atoms with Gasteiger partial charge in [-0.3, -0.25) is 4.99 Å². The van der Waals surface area contributed by atoms with Crippen LogP contribution in [0.1, 0.15) is 32.6 Å². The molecule has 1 aliphatic rings. The predicted molar refractivity (Wildman–Crippen MR) is 58.5 cm³/mol. The molecule has 1 aliphatic carbocycles. The van der Waals surface area contributed by atoms with Gasteiger partial charge in [-0.2, -0.15) is 0 Å². The number of rotatable bonds is 3. The van der Waals surface area contributed by atoms with Crippen LogP contribution >= 0.6 is 0 Å². The van der Waals surface area contributed by atoms with E-state index in [1.54, 1.807) is 6.92 Å². The summed E-state index contributed by atoms with van der Waals surface area (Å²) in [7, 11) is 1.35. The van der Waals surface area contributed by atoms with Gasteiger partial charge in [-0.25, -0.2) is 4.79 Å². The Hall–Kier alpha value is -1.26. The standard InChI is InChI=1S/C10H19N3O2/c1-7(9(14)15-2)12-10(11)13-8-5-3-4-6-8/h7-8H,3-6H2,1-2H3,(H3,11,12,13). The lowest BCUT2D eigenvalue weighted by molar-refractivity contribution is -0.142. The zero-order chi connectivity index (χ0) is 11.3. The number of aliphatic imine (C=N–C) groups is 1. The lowest BCUT2D eigenvalue weighted by Gasteiger charge is -2.13. The second-order valence-corrected chi connectivity index (χ2v) is 3.84. The number of nitrogens with one attached hydrogen (secondary N) is 1. The third-order valence-electron chi connectivity index (χ3n) is 2.57. The van der Waals surface area contributed by atoms with Crippen molar-refractivity contribution < 1.29 is 9.53 Å². The Bertz CT molecular complexity index is 247. The average molecular weight is 213 g/mol. The molecule has 1 unspecified atom stereocenters. The molecule has 5 heteroatoms. The Kier molecular flexibility index (Phi) is 4.39. The Morgan fingerprint density at radius 3 is 2.67 bits per heavy atom. The number of carbonyl (C=O) groups excluding carboxylic acids is 1. The van der Waals surface area contributed by atoms with Crippen molar-refractivity contribution in [3.05, 3.63) is 0 Å². The number of carbonyl (C=O) groups is 1. The number of esters is 1. The Morgan fingerprint density at radius 1 is 1.53 bits per heavy atom. The van der Waals surface area contributed by atoms with E-state index in [-0.39, 0.29) is 5.97 Å². The topological polar surface area (TPSA) is 76.7 Å². The summed E-state index contributed by atoms with van der Waals surface area (Å²) in [6, 6.07) is -0.123. The summed E-state index contributed by atoms with van der Waals surface area (Å²) in [6.45, 7) is 1.70. The molecular formula is C10H19N3O2. The molecule has 0 bridgehead atoms. The first-order valence-electron chi connectivity index (χ1n) is 5.31. The van der Waals surface area contributed by atoms with Crippen LogP contribution in [-0.2, 0) is 9.53 Å². The van der Waals surface area contributed by atoms with Gasteiger partial charge < -0.3 is 15.8 Å². The van der Waals surface area contributed by atoms with E-state index in [0.29, 0.717) is 12.0 Å². The summed E-state index contributed by atoms with van der Waals surface area (Å²) in [6.07, 6.45) is 4.62. The average Bonchev–Trinajstić information content (AvgIpc) is 2.68. The minimum atomic E-state index is -0.444. The van der Waals surface area contributed by atoms with E-state index in [2.05, 4.69) is 15.0 Å². The van der Waals surface area contributed by atoms with Gasteiger partial charge in [0.05, 0.1) is 13.2 Å². The van der Waals surface area contributed by atoms with E-state index in [4.69, 9.17) is 5.73 Å². The smallest absolute Gasteiger partial charge is 0.328 e. The van der Waals surface area contributed by atoms with Gasteiger partial charge in [0.15, 0.2) is 5.96 Å². The van der Waals surface area contributed by atoms with Crippen LogP contribution in [0.2, 0.25) is 0 Å². The van der Waals surface area contributed by atoms with Crippen LogP contribution in [-0.4, -0.2) is 31.1 Å². The highest BCUT2D eigenvalue weighted by Gasteiger charge is 2.16. The largest absolute Gasteiger partial charge is 0.467 e. The highest BCUT2D eigenvalue weighted by molar-refractivity contribution is 5.85. The third kappa shape index (κ3) is 3.77. The molecule has 0 radical (unpaired) electrons. The molecule has 5 nitrogen and oxygen atoms in total. The second kappa shape index (κ2) is 5.58. The first kappa shape index (κ1) is 11.8. The predicted octanol–water partition coefficient (Wildman–Crippen LogP) is 0.395. The van der Waals surface area contributed by atoms with E-state index >= 15 is 0 Å². The fourth-order valence-corrected chi connectivity index (χ4v) is 1.72. The van der Waals surface area contributed by atoms with Gasteiger partial charge in [-0.05, 0) is 19.8 Å². The molecule has 1 saturated carbocycles. The minimum Gasteiger partial charge on any atom is -0.467 e. The summed E-state index contributed by atoms with van der Waals surface area (Å²) in [5, 5.41) is 2.81. The van der Waals surface area contributed by atoms with Gasteiger partial charge in [0, 0.05) is 0 Å². The number of hydrogen-bond acceptors (Lipinski definition) is 3. The van der Waals surface area contributed by atoms with Crippen molar-refractivity contribution in [2.45, 2.75) is 44.7 Å². The highest BCUT2D eigenvalue weighted by atomic mass is 16.5. The van der Waals surface area contributed by atoms with Crippen molar-refractivity contribution >= 4 is 11.9 Å². The van der Waals surface area contributed by atoms with Gasteiger partial charge in [-0.1, -0.05) is 12.8 Å². The summed E-state index contributed by atoms with van der Waals surface area (Å²) in [5.41, 5.74) is 5.68. The molecule has 86 valence electrons. The molecule has 1 atom stereocenters. The maximum atomic E-state index is 11.1. The van der Waals surface area contributed by atoms with E-state index in [1.165, 1.54) is 20.0 Å². The molecule has 15 heavy (non-hydrogen) atoms. The van der Waals surface area contributed by atoms with Crippen molar-refractivity contribution in [1.82, 2.24) is 5.32 Å². The van der Waals surface area contributed by atoms with Gasteiger partial charge in [0.25, 0.3) is 0 Å². The Morgan fingerprint density at radius 2 is 2.13 bits per heavy atom. The highest BCUT2D eigenvalue weighted by Crippen LogP contribution is 2.20. The molecule has 0 heterocycles. The lowest BCUT2D eigenvalue weighted by atomic mass is 10.3. The maximum Gasteiger partial charge on any atom is 0.328 e. The maximum absolute atomic E-state index is 11.1. The van der Waals surface area contributed by atoms with Gasteiger partial charge in [0.2, 0.25) is 0 Å². The fourth-order valence-electron chi connectivity index (χ4n) is 1.72. The number of nitrogens with zero attached hydrogens (tertiary/aromatic N) is 1. The van der Waals surface area contributed by atoms with Crippen LogP contribution in [0.3, 0.4) is 0 Å². The second-order valence-electron chi connectivity index (χ2n) is 3.84. The molecule has 0 aromatic heterocycles. The van der Waals surface area contributed by atoms with Gasteiger partial charge in [-0.15, -0.1) is 0 Å². The molecule has 0 aromatic rings. The molecule has 0 aliphatic heterocycles. The van der Waals surface area contributed by atoms with E-state index in [1.807, 2.05) is 0 Å². The van der Waals surface area contributed by atoms with Crippen LogP contribution in [0.5, 0.6) is 0 Å². The van der Waals surface area contributed by atoms with Crippen LogP contribution < -0.4 is 11.1 Å². The molecule has 0 saturated heterocycles. The van der Waals surface area contributed by atoms with E-state index < -0.39 is 6.04 Å². The molecule has 1 fully saturated rings. The monoisotopic (exact) mass is 213 g/mol. The van der Waals surface area contributed by atoms with E-state index in [0.717, 1.165) is 12.8 Å². The van der Waals surface area contributed by atoms with Gasteiger partial charge >= 0.3 is 5.97 Å². The van der Waals surface area contributed by atoms with Crippen molar-refractivity contribution in [3.63, 3.8) is 0 Å². The van der Waals surface area contributed by atoms with Crippen molar-refractivity contribution in [2.24, 2.45) is 10.7 Å². The van der Waals surface area contributed by atoms with Crippen LogP contribution in [0, 0.1) is 0 Å². The first-order chi connectivity index (χ1) is 7.13. The molecule has 1 rings (SSSR count). The third-order valence-corrected chi connectivity index (χ3v) is 2.57. The molecule has 0 aromatic carbocycles. The fraction of sp³-hybridized carbons (Fsp3) is 0.800. The summed E-state index contributed by atoms with van der Waals surface area (Å²) < 4.78 is 4.57. The quantitative estimate of drug-likeness (QED) is 0.404. The molecule has 0 amide bonds. The number of methoxy groups -OCH3 is 1. The van der Waals surface area contributed by atoms with Gasteiger partial charge in [0.1, 0.15) is 6.04 Å². The number of ether oxygens (including phenoxy) is 1. The van der Waals surface area contributed by atoms with Crippen LogP contribution in [0.25, 0.3) is 0 Å². The summed E-state index contributed by atoms with van der Waals surface area (Å²) >= 11 is 0. The molecule has 0 spiro atoms. The summed E-state index contributed by atoms with van der Waals surface area (Å²) in [4.78, 5) is 15.4. The van der Waals surface area contributed by atoms with E-state index in [9.17, 15) is 4.79 Å². The van der Waals surface area contributed by atoms with Crippen molar-refractivity contribution in [3.8, 4) is 0 Å². The normalized spacial score (nSPS) is 20.0. The van der Waals surface area contributed by atoms with Crippen molar-refractivity contribution in [1.29, 1.82) is 0 Å². The Labute approximate surface area is 90.1 Å². The Balaban J connectivity index is 2.39. The number of hydrogen-bond donors (Lipinski definition) is 2. The first-order valence-corrected chi connectivity index (χ1v) is 5.31. The number of nitrogens with two attached hydrogens (primary N) is 1. The number of guanidine groups is 1. The SMILES string of the molecule is COC(=O)C(C)NC(N)=NC1CCCC1. The molecular weight excluding hydrogens is 194 g/mol. The minimum absolute atomic E-state index is 0.322. The zero-order valence-electron chi connectivity index (χ0n) is 9.32. The van der Waals surface area contributed by atoms with Crippen molar-refractivity contribution in [2.75, 3.05) is 7.11 Å². The summed E-state index contributed by atoms with van der Waals surface area (Å²) in [5.74, 6) is -0.000582. The molecule has 3 N–H and O–H groups in total. The van der Waals surface area contributed by atoms with Crippen LogP contribution in [0.15, 0.2) is 4.99 Å². The van der Waals surface area contributed by atoms with Crippen LogP contribution in [0.4, 0.5) is 0 Å².